The summed E-state index contributed by atoms with van der Waals surface area (Å²) < 4.78 is 0. The van der Waals surface area contributed by atoms with Crippen LogP contribution in [0.25, 0.3) is 0 Å². The van der Waals surface area contributed by atoms with Crippen LogP contribution in [0.2, 0.25) is 10.0 Å². The molecule has 20 heavy (non-hydrogen) atoms. The lowest BCUT2D eigenvalue weighted by atomic mass is 10.1. The molecule has 2 amide bonds. The molecular weight excluding hydrogens is 299 g/mol. The van der Waals surface area contributed by atoms with Gasteiger partial charge in [-0.3, -0.25) is 0 Å². The molecule has 2 rings (SSSR count). The van der Waals surface area contributed by atoms with Crippen LogP contribution < -0.4 is 10.6 Å². The number of halogens is 2. The van der Waals surface area contributed by atoms with Gasteiger partial charge in [0.2, 0.25) is 0 Å². The molecule has 1 aromatic rings. The normalized spacial score (nSPS) is 16.9. The lowest BCUT2D eigenvalue weighted by Crippen LogP contribution is -2.42. The SMILES string of the molecule is O=C(NCC(O)c1cc(Cl)cc(Cl)c1)NC1CCCC1. The smallest absolute Gasteiger partial charge is 0.315 e. The number of hydrogen-bond donors (Lipinski definition) is 3. The lowest BCUT2D eigenvalue weighted by molar-refractivity contribution is 0.172. The second kappa shape index (κ2) is 7.16. The Hall–Kier alpha value is -0.970. The number of urea groups is 1. The molecular formula is C14H18Cl2N2O2. The maximum absolute atomic E-state index is 11.7. The van der Waals surface area contributed by atoms with Gasteiger partial charge in [0.25, 0.3) is 0 Å². The van der Waals surface area contributed by atoms with Crippen molar-refractivity contribution in [2.45, 2.75) is 37.8 Å². The highest BCUT2D eigenvalue weighted by molar-refractivity contribution is 6.34. The molecule has 6 heteroatoms. The van der Waals surface area contributed by atoms with E-state index in [2.05, 4.69) is 10.6 Å². The maximum atomic E-state index is 11.7. The molecule has 0 saturated heterocycles. The van der Waals surface area contributed by atoms with Crippen LogP contribution in [0.4, 0.5) is 4.79 Å². The summed E-state index contributed by atoms with van der Waals surface area (Å²) in [7, 11) is 0. The maximum Gasteiger partial charge on any atom is 0.315 e. The molecule has 4 nitrogen and oxygen atoms in total. The molecule has 1 aliphatic rings. The summed E-state index contributed by atoms with van der Waals surface area (Å²) >= 11 is 11.8. The first-order chi connectivity index (χ1) is 9.54. The molecule has 0 heterocycles. The third kappa shape index (κ3) is 4.54. The Kier molecular flexibility index (Phi) is 5.52. The number of aliphatic hydroxyl groups excluding tert-OH is 1. The van der Waals surface area contributed by atoms with Crippen LogP contribution in [-0.4, -0.2) is 23.7 Å². The van der Waals surface area contributed by atoms with Crippen LogP contribution in [0.1, 0.15) is 37.4 Å². The predicted octanol–water partition coefficient (Wildman–Crippen LogP) is 3.27. The van der Waals surface area contributed by atoms with Crippen molar-refractivity contribution in [3.8, 4) is 0 Å². The zero-order chi connectivity index (χ0) is 14.5. The molecule has 1 aromatic carbocycles. The van der Waals surface area contributed by atoms with Crippen molar-refractivity contribution in [2.75, 3.05) is 6.54 Å². The molecule has 110 valence electrons. The molecule has 3 N–H and O–H groups in total. The number of amides is 2. The Bertz CT molecular complexity index is 456. The van der Waals surface area contributed by atoms with E-state index in [0.29, 0.717) is 15.6 Å². The standard InChI is InChI=1S/C14H18Cl2N2O2/c15-10-5-9(6-11(16)7-10)13(19)8-17-14(20)18-12-3-1-2-4-12/h5-7,12-13,19H,1-4,8H2,(H2,17,18,20). The quantitative estimate of drug-likeness (QED) is 0.798. The summed E-state index contributed by atoms with van der Waals surface area (Å²) in [5, 5.41) is 16.5. The van der Waals surface area contributed by atoms with Gasteiger partial charge >= 0.3 is 6.03 Å². The van der Waals surface area contributed by atoms with Crippen molar-refractivity contribution in [3.63, 3.8) is 0 Å². The van der Waals surface area contributed by atoms with Gasteiger partial charge in [0.05, 0.1) is 6.10 Å². The largest absolute Gasteiger partial charge is 0.387 e. The van der Waals surface area contributed by atoms with E-state index in [4.69, 9.17) is 23.2 Å². The highest BCUT2D eigenvalue weighted by Gasteiger charge is 2.17. The van der Waals surface area contributed by atoms with Gasteiger partial charge in [-0.05, 0) is 36.6 Å². The average molecular weight is 317 g/mol. The van der Waals surface area contributed by atoms with E-state index in [1.165, 1.54) is 0 Å². The second-order valence-electron chi connectivity index (χ2n) is 5.05. The summed E-state index contributed by atoms with van der Waals surface area (Å²) in [5.74, 6) is 0. The first kappa shape index (κ1) is 15.4. The molecule has 1 atom stereocenters. The molecule has 0 aliphatic heterocycles. The topological polar surface area (TPSA) is 61.4 Å². The van der Waals surface area contributed by atoms with Crippen molar-refractivity contribution in [1.82, 2.24) is 10.6 Å². The van der Waals surface area contributed by atoms with E-state index in [9.17, 15) is 9.90 Å². The first-order valence-corrected chi connectivity index (χ1v) is 7.48. The van der Waals surface area contributed by atoms with Gasteiger partial charge in [0.15, 0.2) is 0 Å². The highest BCUT2D eigenvalue weighted by Crippen LogP contribution is 2.23. The lowest BCUT2D eigenvalue weighted by Gasteiger charge is -2.16. The fourth-order valence-corrected chi connectivity index (χ4v) is 2.92. The number of aliphatic hydroxyl groups is 1. The highest BCUT2D eigenvalue weighted by atomic mass is 35.5. The van der Waals surface area contributed by atoms with E-state index < -0.39 is 6.10 Å². The Morgan fingerprint density at radius 2 is 1.85 bits per heavy atom. The molecule has 1 saturated carbocycles. The van der Waals surface area contributed by atoms with Crippen LogP contribution >= 0.6 is 23.2 Å². The van der Waals surface area contributed by atoms with Crippen LogP contribution in [0.5, 0.6) is 0 Å². The molecule has 0 aromatic heterocycles. The number of hydrogen-bond acceptors (Lipinski definition) is 2. The number of carbonyl (C=O) groups is 1. The van der Waals surface area contributed by atoms with Crippen LogP contribution in [0, 0.1) is 0 Å². The van der Waals surface area contributed by atoms with Crippen molar-refractivity contribution in [2.24, 2.45) is 0 Å². The number of benzene rings is 1. The second-order valence-corrected chi connectivity index (χ2v) is 5.93. The zero-order valence-electron chi connectivity index (χ0n) is 11.0. The van der Waals surface area contributed by atoms with Gasteiger partial charge < -0.3 is 15.7 Å². The van der Waals surface area contributed by atoms with Gasteiger partial charge in [0, 0.05) is 22.6 Å². The molecule has 1 unspecified atom stereocenters. The van der Waals surface area contributed by atoms with E-state index >= 15 is 0 Å². The Balaban J connectivity index is 1.81. The number of rotatable bonds is 4. The van der Waals surface area contributed by atoms with Crippen LogP contribution in [0.3, 0.4) is 0 Å². The Morgan fingerprint density at radius 1 is 1.25 bits per heavy atom. The van der Waals surface area contributed by atoms with Crippen molar-refractivity contribution in [3.05, 3.63) is 33.8 Å². The molecule has 0 radical (unpaired) electrons. The van der Waals surface area contributed by atoms with Crippen LogP contribution in [-0.2, 0) is 0 Å². The minimum Gasteiger partial charge on any atom is -0.387 e. The van der Waals surface area contributed by atoms with E-state index in [1.807, 2.05) is 0 Å². The zero-order valence-corrected chi connectivity index (χ0v) is 12.5. The van der Waals surface area contributed by atoms with Gasteiger partial charge in [-0.1, -0.05) is 36.0 Å². The number of carbonyl (C=O) groups excluding carboxylic acids is 1. The van der Waals surface area contributed by atoms with Gasteiger partial charge in [-0.15, -0.1) is 0 Å². The summed E-state index contributed by atoms with van der Waals surface area (Å²) in [6.07, 6.45) is 3.55. The minimum atomic E-state index is -0.833. The van der Waals surface area contributed by atoms with Gasteiger partial charge in [-0.2, -0.15) is 0 Å². The van der Waals surface area contributed by atoms with E-state index in [0.717, 1.165) is 25.7 Å². The fraction of sp³-hybridized carbons (Fsp3) is 0.500. The summed E-state index contributed by atoms with van der Waals surface area (Å²) in [5.41, 5.74) is 0.587. The molecule has 1 aliphatic carbocycles. The van der Waals surface area contributed by atoms with Crippen LogP contribution in [0.15, 0.2) is 18.2 Å². The summed E-state index contributed by atoms with van der Waals surface area (Å²) in [6, 6.07) is 4.87. The third-order valence-electron chi connectivity index (χ3n) is 3.42. The number of nitrogens with one attached hydrogen (secondary N) is 2. The van der Waals surface area contributed by atoms with Crippen molar-refractivity contribution >= 4 is 29.2 Å². The van der Waals surface area contributed by atoms with E-state index in [-0.39, 0.29) is 18.6 Å². The summed E-state index contributed by atoms with van der Waals surface area (Å²) in [6.45, 7) is 0.120. The first-order valence-electron chi connectivity index (χ1n) is 6.73. The third-order valence-corrected chi connectivity index (χ3v) is 3.85. The summed E-state index contributed by atoms with van der Waals surface area (Å²) in [4.78, 5) is 11.7. The van der Waals surface area contributed by atoms with Crippen molar-refractivity contribution in [1.29, 1.82) is 0 Å². The molecule has 1 fully saturated rings. The van der Waals surface area contributed by atoms with E-state index in [1.54, 1.807) is 18.2 Å². The molecule has 0 bridgehead atoms. The predicted molar refractivity (Wildman–Crippen MR) is 80.2 cm³/mol. The van der Waals surface area contributed by atoms with Gasteiger partial charge in [0.1, 0.15) is 0 Å². The Morgan fingerprint density at radius 3 is 2.45 bits per heavy atom. The minimum absolute atomic E-state index is 0.120. The molecule has 0 spiro atoms. The van der Waals surface area contributed by atoms with Crippen molar-refractivity contribution < 1.29 is 9.90 Å². The fourth-order valence-electron chi connectivity index (χ4n) is 2.38. The monoisotopic (exact) mass is 316 g/mol. The van der Waals surface area contributed by atoms with Gasteiger partial charge in [-0.25, -0.2) is 4.79 Å². The average Bonchev–Trinajstić information content (AvgIpc) is 2.87. The Labute approximate surface area is 128 Å².